The maximum atomic E-state index is 12.7. The van der Waals surface area contributed by atoms with Gasteiger partial charge in [-0.3, -0.25) is 9.59 Å². The average molecular weight is 527 g/mol. The Morgan fingerprint density at radius 2 is 1.39 bits per heavy atom. The summed E-state index contributed by atoms with van der Waals surface area (Å²) in [6.07, 6.45) is 12.7. The molecular weight excluding hydrogens is 472 g/mol. The molecule has 0 heterocycles. The minimum absolute atomic E-state index is 0.0300. The molecule has 0 aromatic carbocycles. The quantitative estimate of drug-likeness (QED) is 0.268. The molecule has 5 rings (SSSR count). The largest absolute Gasteiger partial charge is 0.462 e. The van der Waals surface area contributed by atoms with Crippen LogP contribution in [-0.2, 0) is 19.1 Å². The Morgan fingerprint density at radius 3 is 2.03 bits per heavy atom. The van der Waals surface area contributed by atoms with Gasteiger partial charge >= 0.3 is 11.9 Å². The topological polar surface area (TPSA) is 52.6 Å². The summed E-state index contributed by atoms with van der Waals surface area (Å²) in [7, 11) is 0. The molecule has 0 aliphatic heterocycles. The lowest BCUT2D eigenvalue weighted by Crippen LogP contribution is -2.69. The smallest absolute Gasteiger partial charge is 0.302 e. The fraction of sp³-hybridized carbons (Fsp3) is 0.882. The zero-order valence-corrected chi connectivity index (χ0v) is 26.0. The fourth-order valence-electron chi connectivity index (χ4n) is 11.4. The Hall–Kier alpha value is -1.32. The number of esters is 2. The zero-order chi connectivity index (χ0) is 28.1. The first-order valence-corrected chi connectivity index (χ1v) is 15.5. The van der Waals surface area contributed by atoms with Crippen LogP contribution >= 0.6 is 0 Å². The van der Waals surface area contributed by atoms with E-state index in [1.165, 1.54) is 25.7 Å². The lowest BCUT2D eigenvalue weighted by atomic mass is 9.32. The number of carbonyl (C=O) groups is 2. The summed E-state index contributed by atoms with van der Waals surface area (Å²) >= 11 is 0. The van der Waals surface area contributed by atoms with E-state index in [0.717, 1.165) is 32.1 Å². The number of hydrogen-bond donors (Lipinski definition) is 0. The van der Waals surface area contributed by atoms with Gasteiger partial charge in [0.1, 0.15) is 12.2 Å². The van der Waals surface area contributed by atoms with Crippen LogP contribution in [0.4, 0.5) is 0 Å². The van der Waals surface area contributed by atoms with E-state index in [0.29, 0.717) is 17.8 Å². The van der Waals surface area contributed by atoms with Crippen molar-refractivity contribution >= 4 is 11.9 Å². The van der Waals surface area contributed by atoms with E-state index >= 15 is 0 Å². The zero-order valence-electron chi connectivity index (χ0n) is 26.0. The number of rotatable bonds is 2. The van der Waals surface area contributed by atoms with E-state index in [1.54, 1.807) is 19.4 Å². The number of fused-ring (bicyclic) bond motifs is 7. The Bertz CT molecular complexity index is 1040. The maximum Gasteiger partial charge on any atom is 0.302 e. The van der Waals surface area contributed by atoms with Crippen LogP contribution in [0.15, 0.2) is 11.6 Å². The van der Waals surface area contributed by atoms with E-state index < -0.39 is 0 Å². The summed E-state index contributed by atoms with van der Waals surface area (Å²) < 4.78 is 12.3. The molecule has 0 N–H and O–H groups in total. The van der Waals surface area contributed by atoms with E-state index in [1.807, 2.05) is 0 Å². The van der Waals surface area contributed by atoms with Crippen LogP contribution in [0.2, 0.25) is 0 Å². The molecule has 4 fully saturated rings. The second-order valence-electron chi connectivity index (χ2n) is 16.5. The standard InChI is InChI=1S/C34H54O4/c1-21(35)37-25-19-23-24-20-29(3,4)15-16-31(24,7)17-18-33(23,9)34(10)14-11-26-30(5,6)27(38-22(2)36)12-13-32(26,8)28(25)34/h20,23,25-28H,11-19H2,1-10H3/t23-,25-,26-,27+,28+,31-,32+,33-,34-/m1/s1. The Balaban J connectivity index is 1.62. The molecule has 5 aliphatic rings. The van der Waals surface area contributed by atoms with Crippen molar-refractivity contribution in [3.05, 3.63) is 11.6 Å². The summed E-state index contributed by atoms with van der Waals surface area (Å²) in [5.41, 5.74) is 2.35. The van der Waals surface area contributed by atoms with Gasteiger partial charge in [0, 0.05) is 25.2 Å². The summed E-state index contributed by atoms with van der Waals surface area (Å²) in [5, 5.41) is 0. The van der Waals surface area contributed by atoms with Crippen LogP contribution in [0.5, 0.6) is 0 Å². The Labute approximate surface area is 232 Å². The second kappa shape index (κ2) is 8.59. The van der Waals surface area contributed by atoms with E-state index in [9.17, 15) is 9.59 Å². The van der Waals surface area contributed by atoms with Crippen molar-refractivity contribution in [1.82, 2.24) is 0 Å². The van der Waals surface area contributed by atoms with Gasteiger partial charge in [0.2, 0.25) is 0 Å². The Kier molecular flexibility index (Phi) is 6.38. The molecule has 214 valence electrons. The van der Waals surface area contributed by atoms with Gasteiger partial charge in [-0.25, -0.2) is 0 Å². The van der Waals surface area contributed by atoms with Gasteiger partial charge < -0.3 is 9.47 Å². The van der Waals surface area contributed by atoms with Gasteiger partial charge in [-0.15, -0.1) is 0 Å². The number of allylic oxidation sites excluding steroid dienone is 2. The maximum absolute atomic E-state index is 12.7. The monoisotopic (exact) mass is 526 g/mol. The highest BCUT2D eigenvalue weighted by atomic mass is 16.5. The molecule has 5 aliphatic carbocycles. The van der Waals surface area contributed by atoms with Crippen molar-refractivity contribution in [3.8, 4) is 0 Å². The predicted molar refractivity (Wildman–Crippen MR) is 151 cm³/mol. The summed E-state index contributed by atoms with van der Waals surface area (Å²) in [6, 6.07) is 0. The first kappa shape index (κ1) is 28.2. The average Bonchev–Trinajstić information content (AvgIpc) is 2.77. The van der Waals surface area contributed by atoms with Crippen molar-refractivity contribution in [2.45, 2.75) is 139 Å². The molecule has 9 atom stereocenters. The van der Waals surface area contributed by atoms with Crippen molar-refractivity contribution in [3.63, 3.8) is 0 Å². The lowest BCUT2D eigenvalue weighted by molar-refractivity contribution is -0.264. The minimum Gasteiger partial charge on any atom is -0.462 e. The van der Waals surface area contributed by atoms with Gasteiger partial charge in [-0.2, -0.15) is 0 Å². The SMILES string of the molecule is CC(=O)O[C@H]1CC[C@@]2(C)[C@H](CC[C@]3(C)[C@H]2[C@H](OC(C)=O)C[C@@H]2C4=CC(C)(C)CC[C@]4(C)CC[C@]23C)C1(C)C. The van der Waals surface area contributed by atoms with Gasteiger partial charge in [0.25, 0.3) is 0 Å². The normalized spacial score (nSPS) is 48.8. The van der Waals surface area contributed by atoms with E-state index in [4.69, 9.17) is 9.47 Å². The first-order chi connectivity index (χ1) is 17.4. The second-order valence-corrected chi connectivity index (χ2v) is 16.5. The summed E-state index contributed by atoms with van der Waals surface area (Å²) in [6.45, 7) is 22.8. The molecule has 0 radical (unpaired) electrons. The van der Waals surface area contributed by atoms with Gasteiger partial charge in [-0.1, -0.05) is 67.0 Å². The van der Waals surface area contributed by atoms with Crippen LogP contribution in [0.25, 0.3) is 0 Å². The molecule has 38 heavy (non-hydrogen) atoms. The minimum atomic E-state index is -0.174. The van der Waals surface area contributed by atoms with Crippen LogP contribution in [0.1, 0.15) is 127 Å². The van der Waals surface area contributed by atoms with E-state index in [-0.39, 0.29) is 56.6 Å². The molecular formula is C34H54O4. The Morgan fingerprint density at radius 1 is 0.763 bits per heavy atom. The van der Waals surface area contributed by atoms with Crippen molar-refractivity contribution in [2.75, 3.05) is 0 Å². The number of hydrogen-bond acceptors (Lipinski definition) is 4. The van der Waals surface area contributed by atoms with E-state index in [2.05, 4.69) is 61.5 Å². The molecule has 0 aromatic rings. The highest BCUT2D eigenvalue weighted by Crippen LogP contribution is 2.76. The molecule has 0 aromatic heterocycles. The molecule has 4 nitrogen and oxygen atoms in total. The lowest BCUT2D eigenvalue weighted by Gasteiger charge is -2.73. The van der Waals surface area contributed by atoms with Crippen molar-refractivity contribution < 1.29 is 19.1 Å². The molecule has 0 saturated heterocycles. The van der Waals surface area contributed by atoms with Crippen LogP contribution in [-0.4, -0.2) is 24.1 Å². The third-order valence-electron chi connectivity index (χ3n) is 13.5. The van der Waals surface area contributed by atoms with Crippen molar-refractivity contribution in [1.29, 1.82) is 0 Å². The molecule has 0 unspecified atom stereocenters. The third-order valence-corrected chi connectivity index (χ3v) is 13.5. The van der Waals surface area contributed by atoms with Crippen LogP contribution in [0, 0.1) is 50.2 Å². The van der Waals surface area contributed by atoms with Crippen LogP contribution < -0.4 is 0 Å². The van der Waals surface area contributed by atoms with Gasteiger partial charge in [-0.05, 0) is 96.7 Å². The predicted octanol–water partition coefficient (Wildman–Crippen LogP) is 8.28. The van der Waals surface area contributed by atoms with Crippen LogP contribution in [0.3, 0.4) is 0 Å². The number of carbonyl (C=O) groups excluding carboxylic acids is 2. The highest BCUT2D eigenvalue weighted by molar-refractivity contribution is 5.66. The van der Waals surface area contributed by atoms with Crippen molar-refractivity contribution in [2.24, 2.45) is 50.2 Å². The summed E-state index contributed by atoms with van der Waals surface area (Å²) in [5.74, 6) is 0.865. The highest BCUT2D eigenvalue weighted by Gasteiger charge is 2.71. The van der Waals surface area contributed by atoms with Gasteiger partial charge in [0.15, 0.2) is 0 Å². The molecule has 4 saturated carbocycles. The fourth-order valence-corrected chi connectivity index (χ4v) is 11.4. The molecule has 0 amide bonds. The number of ether oxygens (including phenoxy) is 2. The first-order valence-electron chi connectivity index (χ1n) is 15.5. The third kappa shape index (κ3) is 3.88. The summed E-state index contributed by atoms with van der Waals surface area (Å²) in [4.78, 5) is 24.6. The molecule has 0 bridgehead atoms. The molecule has 4 heteroatoms. The van der Waals surface area contributed by atoms with Gasteiger partial charge in [0.05, 0.1) is 0 Å². The molecule has 0 spiro atoms.